The van der Waals surface area contributed by atoms with Crippen LogP contribution in [0.25, 0.3) is 11.3 Å². The largest absolute Gasteiger partial charge is 0.360 e. The molecule has 2 aromatic heterocycles. The highest BCUT2D eigenvalue weighted by atomic mass is 79.9. The second kappa shape index (κ2) is 4.18. The summed E-state index contributed by atoms with van der Waals surface area (Å²) in [5.41, 5.74) is 2.96. The molecule has 0 unspecified atom stereocenters. The van der Waals surface area contributed by atoms with Gasteiger partial charge in [-0.25, -0.2) is 0 Å². The van der Waals surface area contributed by atoms with E-state index in [1.807, 2.05) is 19.3 Å². The second-order valence-electron chi connectivity index (χ2n) is 3.33. The highest BCUT2D eigenvalue weighted by Crippen LogP contribution is 2.23. The molecule has 2 aromatic rings. The lowest BCUT2D eigenvalue weighted by Gasteiger charge is -1.91. The van der Waals surface area contributed by atoms with Crippen LogP contribution in [0.4, 0.5) is 0 Å². The van der Waals surface area contributed by atoms with Gasteiger partial charge in [-0.2, -0.15) is 5.10 Å². The van der Waals surface area contributed by atoms with E-state index >= 15 is 0 Å². The van der Waals surface area contributed by atoms with Crippen LogP contribution < -0.4 is 0 Å². The van der Waals surface area contributed by atoms with Crippen LogP contribution in [-0.4, -0.2) is 14.9 Å². The average molecular weight is 270 g/mol. The standard InChI is InChI=1S/C10H12BrN3O/c1-3-9-8(6-14(2)12-9)10-4-7(5-11)15-13-10/h4,6H,3,5H2,1-2H3. The van der Waals surface area contributed by atoms with Gasteiger partial charge in [0.2, 0.25) is 0 Å². The van der Waals surface area contributed by atoms with Gasteiger partial charge >= 0.3 is 0 Å². The van der Waals surface area contributed by atoms with Gasteiger partial charge in [0.25, 0.3) is 0 Å². The van der Waals surface area contributed by atoms with Gasteiger partial charge in [-0.05, 0) is 6.42 Å². The van der Waals surface area contributed by atoms with Crippen molar-refractivity contribution < 1.29 is 4.52 Å². The molecule has 2 heterocycles. The molecule has 0 atom stereocenters. The predicted octanol–water partition coefficient (Wildman–Crippen LogP) is 2.53. The van der Waals surface area contributed by atoms with E-state index in [4.69, 9.17) is 4.52 Å². The predicted molar refractivity (Wildman–Crippen MR) is 60.7 cm³/mol. The number of halogens is 1. The van der Waals surface area contributed by atoms with Gasteiger partial charge in [-0.3, -0.25) is 4.68 Å². The molecule has 2 rings (SSSR count). The molecule has 5 heteroatoms. The molecular weight excluding hydrogens is 258 g/mol. The summed E-state index contributed by atoms with van der Waals surface area (Å²) < 4.78 is 6.95. The molecule has 0 saturated carbocycles. The van der Waals surface area contributed by atoms with Gasteiger partial charge in [-0.1, -0.05) is 28.0 Å². The number of hydrogen-bond acceptors (Lipinski definition) is 3. The minimum absolute atomic E-state index is 0.682. The molecule has 15 heavy (non-hydrogen) atoms. The Hall–Kier alpha value is -1.10. The van der Waals surface area contributed by atoms with Crippen LogP contribution in [0, 0.1) is 0 Å². The van der Waals surface area contributed by atoms with E-state index in [0.717, 1.165) is 29.1 Å². The highest BCUT2D eigenvalue weighted by molar-refractivity contribution is 9.08. The third kappa shape index (κ3) is 1.97. The lowest BCUT2D eigenvalue weighted by atomic mass is 10.1. The van der Waals surface area contributed by atoms with Gasteiger partial charge in [-0.15, -0.1) is 0 Å². The van der Waals surface area contributed by atoms with Crippen molar-refractivity contribution in [3.8, 4) is 11.3 Å². The quantitative estimate of drug-likeness (QED) is 0.805. The van der Waals surface area contributed by atoms with Gasteiger partial charge in [0, 0.05) is 24.9 Å². The Morgan fingerprint density at radius 1 is 1.53 bits per heavy atom. The number of aromatic nitrogens is 3. The van der Waals surface area contributed by atoms with Crippen LogP contribution in [0.5, 0.6) is 0 Å². The fraction of sp³-hybridized carbons (Fsp3) is 0.400. The van der Waals surface area contributed by atoms with Gasteiger partial charge in [0.15, 0.2) is 0 Å². The topological polar surface area (TPSA) is 43.9 Å². The van der Waals surface area contributed by atoms with E-state index in [1.165, 1.54) is 0 Å². The maximum absolute atomic E-state index is 5.14. The molecule has 4 nitrogen and oxygen atoms in total. The summed E-state index contributed by atoms with van der Waals surface area (Å²) in [4.78, 5) is 0. The number of hydrogen-bond donors (Lipinski definition) is 0. The van der Waals surface area contributed by atoms with Crippen LogP contribution in [0.15, 0.2) is 16.8 Å². The van der Waals surface area contributed by atoms with Crippen LogP contribution in [0.1, 0.15) is 18.4 Å². The first-order valence-electron chi connectivity index (χ1n) is 4.79. The van der Waals surface area contributed by atoms with E-state index in [1.54, 1.807) is 4.68 Å². The molecule has 0 amide bonds. The van der Waals surface area contributed by atoms with E-state index in [9.17, 15) is 0 Å². The molecule has 0 bridgehead atoms. The van der Waals surface area contributed by atoms with E-state index in [2.05, 4.69) is 33.1 Å². The molecular formula is C10H12BrN3O. The molecule has 0 aliphatic rings. The minimum Gasteiger partial charge on any atom is -0.360 e. The van der Waals surface area contributed by atoms with Crippen molar-refractivity contribution in [2.24, 2.45) is 7.05 Å². The minimum atomic E-state index is 0.682. The van der Waals surface area contributed by atoms with E-state index in [-0.39, 0.29) is 0 Å². The van der Waals surface area contributed by atoms with Crippen molar-refractivity contribution in [1.29, 1.82) is 0 Å². The summed E-state index contributed by atoms with van der Waals surface area (Å²) in [6, 6.07) is 1.94. The van der Waals surface area contributed by atoms with Crippen LogP contribution in [0.2, 0.25) is 0 Å². The Kier molecular flexibility index (Phi) is 2.90. The Morgan fingerprint density at radius 3 is 2.93 bits per heavy atom. The SMILES string of the molecule is CCc1nn(C)cc1-c1cc(CBr)on1. The van der Waals surface area contributed by atoms with E-state index in [0.29, 0.717) is 5.33 Å². The zero-order chi connectivity index (χ0) is 10.8. The van der Waals surface area contributed by atoms with E-state index < -0.39 is 0 Å². The molecule has 0 aliphatic heterocycles. The summed E-state index contributed by atoms with van der Waals surface area (Å²) in [6.07, 6.45) is 2.86. The summed E-state index contributed by atoms with van der Waals surface area (Å²) in [5.74, 6) is 0.830. The fourth-order valence-electron chi connectivity index (χ4n) is 1.51. The maximum atomic E-state index is 5.14. The van der Waals surface area contributed by atoms with Crippen molar-refractivity contribution in [2.75, 3.05) is 0 Å². The molecule has 0 spiro atoms. The fourth-order valence-corrected chi connectivity index (χ4v) is 1.78. The monoisotopic (exact) mass is 269 g/mol. The van der Waals surface area contributed by atoms with Gasteiger partial charge < -0.3 is 4.52 Å². The van der Waals surface area contributed by atoms with Crippen LogP contribution in [-0.2, 0) is 18.8 Å². The summed E-state index contributed by atoms with van der Waals surface area (Å²) in [7, 11) is 1.91. The Balaban J connectivity index is 2.43. The third-order valence-electron chi connectivity index (χ3n) is 2.21. The number of nitrogens with zero attached hydrogens (tertiary/aromatic N) is 3. The summed E-state index contributed by atoms with van der Waals surface area (Å²) in [5, 5.41) is 9.07. The Labute approximate surface area is 96.4 Å². The zero-order valence-corrected chi connectivity index (χ0v) is 10.3. The molecule has 0 aliphatic carbocycles. The first kappa shape index (κ1) is 10.4. The first-order valence-corrected chi connectivity index (χ1v) is 5.91. The Morgan fingerprint density at radius 2 is 2.33 bits per heavy atom. The molecule has 0 N–H and O–H groups in total. The lowest BCUT2D eigenvalue weighted by Crippen LogP contribution is -1.89. The average Bonchev–Trinajstić information content (AvgIpc) is 2.82. The molecule has 80 valence electrons. The Bertz CT molecular complexity index is 461. The number of alkyl halides is 1. The molecule has 0 saturated heterocycles. The van der Waals surface area contributed by atoms with Crippen molar-refractivity contribution in [3.05, 3.63) is 23.7 Å². The maximum Gasteiger partial charge on any atom is 0.147 e. The lowest BCUT2D eigenvalue weighted by molar-refractivity contribution is 0.398. The van der Waals surface area contributed by atoms with Crippen molar-refractivity contribution in [3.63, 3.8) is 0 Å². The molecule has 0 radical (unpaired) electrons. The number of aryl methyl sites for hydroxylation is 2. The first-order chi connectivity index (χ1) is 7.24. The molecule has 0 fully saturated rings. The van der Waals surface area contributed by atoms with Crippen molar-refractivity contribution >= 4 is 15.9 Å². The highest BCUT2D eigenvalue weighted by Gasteiger charge is 2.12. The zero-order valence-electron chi connectivity index (χ0n) is 8.70. The molecule has 0 aromatic carbocycles. The van der Waals surface area contributed by atoms with Gasteiger partial charge in [0.05, 0.1) is 11.0 Å². The smallest absolute Gasteiger partial charge is 0.147 e. The van der Waals surface area contributed by atoms with Crippen molar-refractivity contribution in [2.45, 2.75) is 18.7 Å². The van der Waals surface area contributed by atoms with Crippen LogP contribution in [0.3, 0.4) is 0 Å². The third-order valence-corrected chi connectivity index (χ3v) is 2.76. The van der Waals surface area contributed by atoms with Crippen LogP contribution >= 0.6 is 15.9 Å². The summed E-state index contributed by atoms with van der Waals surface area (Å²) >= 11 is 3.33. The number of rotatable bonds is 3. The normalized spacial score (nSPS) is 10.9. The second-order valence-corrected chi connectivity index (χ2v) is 3.89. The summed E-state index contributed by atoms with van der Waals surface area (Å²) in [6.45, 7) is 2.08. The van der Waals surface area contributed by atoms with Gasteiger partial charge in [0.1, 0.15) is 11.5 Å². The van der Waals surface area contributed by atoms with Crippen molar-refractivity contribution in [1.82, 2.24) is 14.9 Å².